The lowest BCUT2D eigenvalue weighted by atomic mass is 10.1. The minimum Gasteiger partial charge on any atom is -0.422 e. The lowest BCUT2D eigenvalue weighted by Crippen LogP contribution is -2.03. The van der Waals surface area contributed by atoms with Crippen LogP contribution >= 0.6 is 0 Å². The maximum Gasteiger partial charge on any atom is 0.264 e. The Bertz CT molecular complexity index is 923. The summed E-state index contributed by atoms with van der Waals surface area (Å²) in [5.74, 6) is 0.546. The molecule has 0 atom stereocenters. The molecule has 108 valence electrons. The third-order valence-corrected chi connectivity index (χ3v) is 3.98. The van der Waals surface area contributed by atoms with Gasteiger partial charge in [0, 0.05) is 17.4 Å². The highest BCUT2D eigenvalue weighted by atomic mass is 16.4. The van der Waals surface area contributed by atoms with Crippen LogP contribution in [0.25, 0.3) is 22.5 Å². The smallest absolute Gasteiger partial charge is 0.264 e. The number of aryl methyl sites for hydroxylation is 1. The standard InChI is InChI=1S/C18H15N3O/c1-13-6-2-3-8-15(13)11-21-16-9-5-4-7-14(16)10-17(21)18-20-19-12-22-18/h2-10,12H,11H2,1H3. The number of aromatic nitrogens is 3. The third-order valence-electron chi connectivity index (χ3n) is 3.98. The summed E-state index contributed by atoms with van der Waals surface area (Å²) < 4.78 is 7.64. The van der Waals surface area contributed by atoms with Crippen LogP contribution in [-0.2, 0) is 6.54 Å². The first kappa shape index (κ1) is 12.8. The highest BCUT2D eigenvalue weighted by molar-refractivity contribution is 5.85. The van der Waals surface area contributed by atoms with E-state index in [1.54, 1.807) is 0 Å². The summed E-state index contributed by atoms with van der Waals surface area (Å²) in [4.78, 5) is 0. The second-order valence-corrected chi connectivity index (χ2v) is 5.34. The highest BCUT2D eigenvalue weighted by Gasteiger charge is 2.15. The summed E-state index contributed by atoms with van der Waals surface area (Å²) in [6.45, 7) is 2.91. The van der Waals surface area contributed by atoms with Crippen molar-refractivity contribution in [1.29, 1.82) is 0 Å². The number of hydrogen-bond acceptors (Lipinski definition) is 3. The monoisotopic (exact) mass is 289 g/mol. The van der Waals surface area contributed by atoms with Gasteiger partial charge in [-0.3, -0.25) is 0 Å². The van der Waals surface area contributed by atoms with E-state index >= 15 is 0 Å². The summed E-state index contributed by atoms with van der Waals surface area (Å²) in [6, 6.07) is 18.8. The van der Waals surface area contributed by atoms with Crippen molar-refractivity contribution in [1.82, 2.24) is 14.8 Å². The largest absolute Gasteiger partial charge is 0.422 e. The number of nitrogens with zero attached hydrogens (tertiary/aromatic N) is 3. The first-order valence-corrected chi connectivity index (χ1v) is 7.22. The first-order chi connectivity index (χ1) is 10.8. The van der Waals surface area contributed by atoms with Crippen molar-refractivity contribution in [2.24, 2.45) is 0 Å². The maximum absolute atomic E-state index is 5.41. The maximum atomic E-state index is 5.41. The molecule has 22 heavy (non-hydrogen) atoms. The molecule has 0 amide bonds. The van der Waals surface area contributed by atoms with Crippen molar-refractivity contribution in [2.45, 2.75) is 13.5 Å². The molecule has 0 aliphatic heterocycles. The summed E-state index contributed by atoms with van der Waals surface area (Å²) in [5, 5.41) is 9.04. The Labute approximate surface area is 128 Å². The molecule has 0 bridgehead atoms. The number of rotatable bonds is 3. The van der Waals surface area contributed by atoms with Gasteiger partial charge in [0.2, 0.25) is 6.39 Å². The second-order valence-electron chi connectivity index (χ2n) is 5.34. The van der Waals surface area contributed by atoms with Crippen molar-refractivity contribution in [3.8, 4) is 11.6 Å². The fraction of sp³-hybridized carbons (Fsp3) is 0.111. The topological polar surface area (TPSA) is 43.9 Å². The molecule has 0 saturated heterocycles. The Morgan fingerprint density at radius 3 is 2.68 bits per heavy atom. The van der Waals surface area contributed by atoms with Gasteiger partial charge in [0.05, 0.1) is 0 Å². The molecule has 4 heteroatoms. The first-order valence-electron chi connectivity index (χ1n) is 7.22. The van der Waals surface area contributed by atoms with Crippen LogP contribution in [0.4, 0.5) is 0 Å². The summed E-state index contributed by atoms with van der Waals surface area (Å²) >= 11 is 0. The van der Waals surface area contributed by atoms with Crippen LogP contribution < -0.4 is 0 Å². The van der Waals surface area contributed by atoms with Gasteiger partial charge in [-0.05, 0) is 30.2 Å². The predicted molar refractivity (Wildman–Crippen MR) is 85.5 cm³/mol. The van der Waals surface area contributed by atoms with Gasteiger partial charge in [0.15, 0.2) is 0 Å². The third kappa shape index (κ3) is 2.09. The van der Waals surface area contributed by atoms with Crippen molar-refractivity contribution in [3.05, 3.63) is 72.1 Å². The van der Waals surface area contributed by atoms with E-state index < -0.39 is 0 Å². The molecular weight excluding hydrogens is 274 g/mol. The van der Waals surface area contributed by atoms with Gasteiger partial charge in [0.25, 0.3) is 5.89 Å². The molecule has 4 nitrogen and oxygen atoms in total. The molecule has 2 aromatic heterocycles. The SMILES string of the molecule is Cc1ccccc1Cn1c(-c2nnco2)cc2ccccc21. The van der Waals surface area contributed by atoms with Crippen LogP contribution in [0.15, 0.2) is 65.4 Å². The van der Waals surface area contributed by atoms with Crippen LogP contribution in [0, 0.1) is 6.92 Å². The van der Waals surface area contributed by atoms with E-state index in [9.17, 15) is 0 Å². The molecule has 0 aliphatic carbocycles. The zero-order chi connectivity index (χ0) is 14.9. The van der Waals surface area contributed by atoms with E-state index in [0.717, 1.165) is 12.2 Å². The van der Waals surface area contributed by atoms with E-state index in [1.165, 1.54) is 28.4 Å². The molecule has 0 radical (unpaired) electrons. The lowest BCUT2D eigenvalue weighted by Gasteiger charge is -2.11. The van der Waals surface area contributed by atoms with E-state index in [-0.39, 0.29) is 0 Å². The molecule has 2 heterocycles. The van der Waals surface area contributed by atoms with E-state index in [2.05, 4.69) is 64.2 Å². The minimum atomic E-state index is 0.546. The van der Waals surface area contributed by atoms with Gasteiger partial charge in [-0.15, -0.1) is 10.2 Å². The Morgan fingerprint density at radius 1 is 1.05 bits per heavy atom. The molecule has 0 unspecified atom stereocenters. The Hall–Kier alpha value is -2.88. The zero-order valence-corrected chi connectivity index (χ0v) is 12.2. The fourth-order valence-electron chi connectivity index (χ4n) is 2.80. The highest BCUT2D eigenvalue weighted by Crippen LogP contribution is 2.28. The number of para-hydroxylation sites is 1. The second kappa shape index (κ2) is 5.15. The molecule has 0 fully saturated rings. The van der Waals surface area contributed by atoms with Gasteiger partial charge in [-0.25, -0.2) is 0 Å². The average Bonchev–Trinajstić information content (AvgIpc) is 3.17. The van der Waals surface area contributed by atoms with Crippen LogP contribution in [0.5, 0.6) is 0 Å². The van der Waals surface area contributed by atoms with Gasteiger partial charge in [0.1, 0.15) is 5.69 Å². The molecule has 0 N–H and O–H groups in total. The van der Waals surface area contributed by atoms with Gasteiger partial charge in [-0.2, -0.15) is 0 Å². The van der Waals surface area contributed by atoms with E-state index in [0.29, 0.717) is 5.89 Å². The summed E-state index contributed by atoms with van der Waals surface area (Å²) in [7, 11) is 0. The Kier molecular flexibility index (Phi) is 3.00. The Balaban J connectivity index is 1.91. The fourth-order valence-corrected chi connectivity index (χ4v) is 2.80. The molecule has 2 aromatic carbocycles. The van der Waals surface area contributed by atoms with Gasteiger partial charge in [-0.1, -0.05) is 42.5 Å². The number of fused-ring (bicyclic) bond motifs is 1. The van der Waals surface area contributed by atoms with Crippen molar-refractivity contribution < 1.29 is 4.42 Å². The average molecular weight is 289 g/mol. The molecule has 0 aliphatic rings. The van der Waals surface area contributed by atoms with Gasteiger partial charge >= 0.3 is 0 Å². The molecular formula is C18H15N3O. The molecule has 0 saturated carbocycles. The van der Waals surface area contributed by atoms with Gasteiger partial charge < -0.3 is 8.98 Å². The van der Waals surface area contributed by atoms with E-state index in [1.807, 2.05) is 12.1 Å². The molecule has 4 rings (SSSR count). The molecule has 4 aromatic rings. The Morgan fingerprint density at radius 2 is 1.86 bits per heavy atom. The number of benzene rings is 2. The predicted octanol–water partition coefficient (Wildman–Crippen LogP) is 4.05. The summed E-state index contributed by atoms with van der Waals surface area (Å²) in [5.41, 5.74) is 4.67. The van der Waals surface area contributed by atoms with Crippen LogP contribution in [0.3, 0.4) is 0 Å². The summed E-state index contributed by atoms with van der Waals surface area (Å²) in [6.07, 6.45) is 1.37. The van der Waals surface area contributed by atoms with Crippen molar-refractivity contribution in [3.63, 3.8) is 0 Å². The van der Waals surface area contributed by atoms with Crippen molar-refractivity contribution in [2.75, 3.05) is 0 Å². The zero-order valence-electron chi connectivity index (χ0n) is 12.2. The van der Waals surface area contributed by atoms with Crippen LogP contribution in [0.2, 0.25) is 0 Å². The van der Waals surface area contributed by atoms with Crippen LogP contribution in [0.1, 0.15) is 11.1 Å². The minimum absolute atomic E-state index is 0.546. The normalized spacial score (nSPS) is 11.1. The van der Waals surface area contributed by atoms with E-state index in [4.69, 9.17) is 4.42 Å². The van der Waals surface area contributed by atoms with Crippen molar-refractivity contribution >= 4 is 10.9 Å². The number of hydrogen-bond donors (Lipinski definition) is 0. The van der Waals surface area contributed by atoms with Crippen LogP contribution in [-0.4, -0.2) is 14.8 Å². The molecule has 0 spiro atoms. The lowest BCUT2D eigenvalue weighted by molar-refractivity contribution is 0.562. The quantitative estimate of drug-likeness (QED) is 0.571.